The topological polar surface area (TPSA) is 61.0 Å². The second-order valence-electron chi connectivity index (χ2n) is 4.23. The minimum atomic E-state index is 0.199. The Balaban J connectivity index is 2.58. The predicted molar refractivity (Wildman–Crippen MR) is 62.8 cm³/mol. The summed E-state index contributed by atoms with van der Waals surface area (Å²) in [6.07, 6.45) is 0. The highest BCUT2D eigenvalue weighted by Gasteiger charge is 2.08. The molecule has 0 saturated heterocycles. The van der Waals surface area contributed by atoms with E-state index in [4.69, 9.17) is 10.4 Å². The van der Waals surface area contributed by atoms with Gasteiger partial charge in [0.25, 0.3) is 0 Å². The van der Waals surface area contributed by atoms with E-state index in [9.17, 15) is 0 Å². The van der Waals surface area contributed by atoms with E-state index < -0.39 is 0 Å². The standard InChI is InChI=1S/C12H19N3O/c1-9(8-16)6-14-7-11-4-12(5-13)15(3)10(11)2/h4,9,14,16H,6-8H2,1-3H3. The highest BCUT2D eigenvalue weighted by atomic mass is 16.3. The highest BCUT2D eigenvalue weighted by Crippen LogP contribution is 2.12. The van der Waals surface area contributed by atoms with Crippen molar-refractivity contribution in [2.75, 3.05) is 13.2 Å². The average Bonchev–Trinajstić information content (AvgIpc) is 2.56. The van der Waals surface area contributed by atoms with Gasteiger partial charge in [-0.2, -0.15) is 5.26 Å². The van der Waals surface area contributed by atoms with E-state index in [2.05, 4.69) is 11.4 Å². The molecule has 0 fully saturated rings. The van der Waals surface area contributed by atoms with Crippen molar-refractivity contribution >= 4 is 0 Å². The maximum Gasteiger partial charge on any atom is 0.120 e. The van der Waals surface area contributed by atoms with E-state index in [0.717, 1.165) is 24.3 Å². The summed E-state index contributed by atoms with van der Waals surface area (Å²) < 4.78 is 1.90. The zero-order valence-electron chi connectivity index (χ0n) is 10.1. The minimum absolute atomic E-state index is 0.199. The molecule has 1 aromatic heterocycles. The van der Waals surface area contributed by atoms with Gasteiger partial charge in [0.15, 0.2) is 0 Å². The number of nitrogens with zero attached hydrogens (tertiary/aromatic N) is 2. The van der Waals surface area contributed by atoms with E-state index >= 15 is 0 Å². The number of rotatable bonds is 5. The van der Waals surface area contributed by atoms with Crippen molar-refractivity contribution in [3.63, 3.8) is 0 Å². The molecule has 0 aliphatic rings. The van der Waals surface area contributed by atoms with Crippen molar-refractivity contribution in [2.45, 2.75) is 20.4 Å². The molecule has 0 amide bonds. The van der Waals surface area contributed by atoms with Gasteiger partial charge < -0.3 is 15.0 Å². The molecule has 1 unspecified atom stereocenters. The minimum Gasteiger partial charge on any atom is -0.396 e. The summed E-state index contributed by atoms with van der Waals surface area (Å²) >= 11 is 0. The second-order valence-corrected chi connectivity index (χ2v) is 4.23. The van der Waals surface area contributed by atoms with Crippen LogP contribution >= 0.6 is 0 Å². The molecular formula is C12H19N3O. The van der Waals surface area contributed by atoms with Crippen molar-refractivity contribution in [3.05, 3.63) is 23.0 Å². The summed E-state index contributed by atoms with van der Waals surface area (Å²) in [5.74, 6) is 0.263. The zero-order chi connectivity index (χ0) is 12.1. The third-order valence-electron chi connectivity index (χ3n) is 2.87. The SMILES string of the molecule is Cc1c(CNCC(C)CO)cc(C#N)n1C. The quantitative estimate of drug-likeness (QED) is 0.777. The molecule has 4 heteroatoms. The van der Waals surface area contributed by atoms with Crippen LogP contribution in [0.5, 0.6) is 0 Å². The van der Waals surface area contributed by atoms with E-state index in [1.165, 1.54) is 0 Å². The lowest BCUT2D eigenvalue weighted by atomic mass is 10.2. The van der Waals surface area contributed by atoms with E-state index in [0.29, 0.717) is 5.69 Å². The number of aliphatic hydroxyl groups excluding tert-OH is 1. The third-order valence-corrected chi connectivity index (χ3v) is 2.87. The first-order valence-electron chi connectivity index (χ1n) is 5.47. The fourth-order valence-electron chi connectivity index (χ4n) is 1.57. The lowest BCUT2D eigenvalue weighted by Gasteiger charge is -2.09. The first-order chi connectivity index (χ1) is 7.60. The number of aliphatic hydroxyl groups is 1. The molecule has 0 aliphatic carbocycles. The lowest BCUT2D eigenvalue weighted by Crippen LogP contribution is -2.22. The number of aromatic nitrogens is 1. The maximum atomic E-state index is 8.89. The summed E-state index contributed by atoms with van der Waals surface area (Å²) in [6, 6.07) is 4.07. The molecule has 1 atom stereocenters. The molecule has 4 nitrogen and oxygen atoms in total. The van der Waals surface area contributed by atoms with Crippen molar-refractivity contribution in [1.29, 1.82) is 5.26 Å². The Hall–Kier alpha value is -1.31. The van der Waals surface area contributed by atoms with Gasteiger partial charge in [0.2, 0.25) is 0 Å². The van der Waals surface area contributed by atoms with Crippen LogP contribution in [0.25, 0.3) is 0 Å². The Labute approximate surface area is 96.5 Å². The first-order valence-corrected chi connectivity index (χ1v) is 5.47. The normalized spacial score (nSPS) is 12.4. The molecule has 1 heterocycles. The van der Waals surface area contributed by atoms with Crippen molar-refractivity contribution in [1.82, 2.24) is 9.88 Å². The fourth-order valence-corrected chi connectivity index (χ4v) is 1.57. The fraction of sp³-hybridized carbons (Fsp3) is 0.583. The molecule has 88 valence electrons. The Bertz CT molecular complexity index is 390. The number of nitriles is 1. The van der Waals surface area contributed by atoms with Crippen molar-refractivity contribution in [2.24, 2.45) is 13.0 Å². The third kappa shape index (κ3) is 2.84. The van der Waals surface area contributed by atoms with Crippen molar-refractivity contribution < 1.29 is 5.11 Å². The van der Waals surface area contributed by atoms with Crippen LogP contribution in [-0.2, 0) is 13.6 Å². The van der Waals surface area contributed by atoms with Crippen LogP contribution < -0.4 is 5.32 Å². The lowest BCUT2D eigenvalue weighted by molar-refractivity contribution is 0.233. The van der Waals surface area contributed by atoms with Crippen LogP contribution in [-0.4, -0.2) is 22.8 Å². The Kier molecular flexibility index (Phi) is 4.53. The number of hydrogen-bond acceptors (Lipinski definition) is 3. The first kappa shape index (κ1) is 12.8. The van der Waals surface area contributed by atoms with Crippen LogP contribution in [0.1, 0.15) is 23.9 Å². The number of nitrogens with one attached hydrogen (secondary N) is 1. The average molecular weight is 221 g/mol. The van der Waals surface area contributed by atoms with E-state index in [1.54, 1.807) is 0 Å². The van der Waals surface area contributed by atoms with Gasteiger partial charge in [-0.3, -0.25) is 0 Å². The number of hydrogen-bond donors (Lipinski definition) is 2. The molecule has 2 N–H and O–H groups in total. The van der Waals surface area contributed by atoms with E-state index in [1.807, 2.05) is 31.5 Å². The largest absolute Gasteiger partial charge is 0.396 e. The zero-order valence-corrected chi connectivity index (χ0v) is 10.1. The summed E-state index contributed by atoms with van der Waals surface area (Å²) in [6.45, 7) is 5.72. The molecule has 16 heavy (non-hydrogen) atoms. The van der Waals surface area contributed by atoms with Crippen LogP contribution in [0.2, 0.25) is 0 Å². The van der Waals surface area contributed by atoms with Gasteiger partial charge in [-0.1, -0.05) is 6.92 Å². The molecule has 0 spiro atoms. The molecular weight excluding hydrogens is 202 g/mol. The maximum absolute atomic E-state index is 8.89. The Morgan fingerprint density at radius 3 is 2.81 bits per heavy atom. The van der Waals surface area contributed by atoms with Crippen LogP contribution in [0.15, 0.2) is 6.07 Å². The second kappa shape index (κ2) is 5.69. The van der Waals surface area contributed by atoms with Gasteiger partial charge in [0.1, 0.15) is 11.8 Å². The van der Waals surface area contributed by atoms with Gasteiger partial charge in [-0.25, -0.2) is 0 Å². The smallest absolute Gasteiger partial charge is 0.120 e. The molecule has 1 rings (SSSR count). The van der Waals surface area contributed by atoms with Crippen LogP contribution in [0.4, 0.5) is 0 Å². The summed E-state index contributed by atoms with van der Waals surface area (Å²) in [4.78, 5) is 0. The molecule has 0 aliphatic heterocycles. The highest BCUT2D eigenvalue weighted by molar-refractivity contribution is 5.33. The molecule has 0 bridgehead atoms. The summed E-state index contributed by atoms with van der Waals surface area (Å²) in [5, 5.41) is 21.0. The summed E-state index contributed by atoms with van der Waals surface area (Å²) in [7, 11) is 1.90. The molecule has 0 aromatic carbocycles. The summed E-state index contributed by atoms with van der Waals surface area (Å²) in [5.41, 5.74) is 2.94. The van der Waals surface area contributed by atoms with Gasteiger partial charge in [-0.15, -0.1) is 0 Å². The van der Waals surface area contributed by atoms with Gasteiger partial charge >= 0.3 is 0 Å². The van der Waals surface area contributed by atoms with Gasteiger partial charge in [-0.05, 0) is 24.5 Å². The van der Waals surface area contributed by atoms with Crippen molar-refractivity contribution in [3.8, 4) is 6.07 Å². The van der Waals surface area contributed by atoms with Gasteiger partial charge in [0, 0.05) is 32.4 Å². The van der Waals surface area contributed by atoms with Crippen LogP contribution in [0.3, 0.4) is 0 Å². The molecule has 1 aromatic rings. The monoisotopic (exact) mass is 221 g/mol. The molecule has 0 radical (unpaired) electrons. The Morgan fingerprint density at radius 2 is 2.31 bits per heavy atom. The van der Waals surface area contributed by atoms with E-state index in [-0.39, 0.29) is 12.5 Å². The Morgan fingerprint density at radius 1 is 1.62 bits per heavy atom. The van der Waals surface area contributed by atoms with Gasteiger partial charge in [0.05, 0.1) is 0 Å². The molecule has 0 saturated carbocycles. The predicted octanol–water partition coefficient (Wildman–Crippen LogP) is 0.923. The van der Waals surface area contributed by atoms with Crippen LogP contribution in [0, 0.1) is 24.2 Å².